The fraction of sp³-hybridized carbons (Fsp3) is 0.333. The van der Waals surface area contributed by atoms with E-state index in [1.165, 1.54) is 16.7 Å². The van der Waals surface area contributed by atoms with Crippen LogP contribution in [0.25, 0.3) is 0 Å². The Morgan fingerprint density at radius 2 is 2.00 bits per heavy atom. The minimum Gasteiger partial charge on any atom is -0.469 e. The van der Waals surface area contributed by atoms with Gasteiger partial charge in [0.15, 0.2) is 0 Å². The molecule has 2 aromatic rings. The van der Waals surface area contributed by atoms with Gasteiger partial charge >= 0.3 is 0 Å². The van der Waals surface area contributed by atoms with Gasteiger partial charge in [0, 0.05) is 6.42 Å². The van der Waals surface area contributed by atoms with Crippen molar-refractivity contribution in [2.75, 3.05) is 0 Å². The third kappa shape index (κ3) is 3.21. The van der Waals surface area contributed by atoms with Crippen LogP contribution < -0.4 is 0 Å². The molecule has 90 valence electrons. The van der Waals surface area contributed by atoms with Crippen molar-refractivity contribution >= 4 is 0 Å². The van der Waals surface area contributed by atoms with Crippen molar-refractivity contribution in [1.82, 2.24) is 0 Å². The molecule has 0 bridgehead atoms. The second-order valence-electron chi connectivity index (χ2n) is 4.57. The zero-order valence-corrected chi connectivity index (χ0v) is 10.3. The largest absolute Gasteiger partial charge is 0.469 e. The van der Waals surface area contributed by atoms with Gasteiger partial charge in [-0.05, 0) is 43.5 Å². The zero-order chi connectivity index (χ0) is 12.3. The molecule has 0 amide bonds. The van der Waals surface area contributed by atoms with Crippen LogP contribution in [0.5, 0.6) is 0 Å². The van der Waals surface area contributed by atoms with Crippen molar-refractivity contribution in [3.05, 3.63) is 59.0 Å². The second kappa shape index (κ2) is 5.19. The van der Waals surface area contributed by atoms with Crippen molar-refractivity contribution in [2.24, 2.45) is 0 Å². The third-order valence-corrected chi connectivity index (χ3v) is 2.98. The molecule has 0 spiro atoms. The predicted octanol–water partition coefficient (Wildman–Crippen LogP) is 3.04. The molecule has 1 N–H and O–H groups in total. The van der Waals surface area contributed by atoms with E-state index in [0.29, 0.717) is 12.8 Å². The molecule has 1 unspecified atom stereocenters. The van der Waals surface area contributed by atoms with E-state index in [1.54, 1.807) is 6.26 Å². The summed E-state index contributed by atoms with van der Waals surface area (Å²) in [5.41, 5.74) is 3.67. The molecule has 0 aliphatic rings. The van der Waals surface area contributed by atoms with E-state index >= 15 is 0 Å². The van der Waals surface area contributed by atoms with Gasteiger partial charge in [0.25, 0.3) is 0 Å². The topological polar surface area (TPSA) is 33.4 Å². The summed E-state index contributed by atoms with van der Waals surface area (Å²) in [4.78, 5) is 0. The van der Waals surface area contributed by atoms with Gasteiger partial charge in [0.05, 0.1) is 12.4 Å². The standard InChI is InChI=1S/C15H18O2/c1-11-5-6-12(2)13(8-11)9-14(16)10-15-4-3-7-17-15/h3-8,14,16H,9-10H2,1-2H3. The Morgan fingerprint density at radius 3 is 2.71 bits per heavy atom. The molecule has 0 aliphatic heterocycles. The quantitative estimate of drug-likeness (QED) is 0.875. The average molecular weight is 230 g/mol. The van der Waals surface area contributed by atoms with Gasteiger partial charge in [0.1, 0.15) is 5.76 Å². The predicted molar refractivity (Wildman–Crippen MR) is 68.0 cm³/mol. The van der Waals surface area contributed by atoms with E-state index in [0.717, 1.165) is 5.76 Å². The lowest BCUT2D eigenvalue weighted by Gasteiger charge is -2.12. The molecule has 0 aliphatic carbocycles. The smallest absolute Gasteiger partial charge is 0.106 e. The Bertz CT molecular complexity index is 472. The highest BCUT2D eigenvalue weighted by atomic mass is 16.3. The van der Waals surface area contributed by atoms with Crippen LogP contribution in [0.15, 0.2) is 41.0 Å². The van der Waals surface area contributed by atoms with Crippen LogP contribution in [0.3, 0.4) is 0 Å². The summed E-state index contributed by atoms with van der Waals surface area (Å²) < 4.78 is 5.24. The number of aryl methyl sites for hydroxylation is 2. The Hall–Kier alpha value is -1.54. The SMILES string of the molecule is Cc1ccc(C)c(CC(O)Cc2ccco2)c1. The summed E-state index contributed by atoms with van der Waals surface area (Å²) in [6.45, 7) is 4.15. The highest BCUT2D eigenvalue weighted by molar-refractivity contribution is 5.31. The number of rotatable bonds is 4. The minimum atomic E-state index is -0.387. The van der Waals surface area contributed by atoms with Crippen molar-refractivity contribution < 1.29 is 9.52 Å². The number of aliphatic hydroxyl groups is 1. The molecular weight excluding hydrogens is 212 g/mol. The van der Waals surface area contributed by atoms with Gasteiger partial charge < -0.3 is 9.52 Å². The molecular formula is C15H18O2. The molecule has 1 aromatic carbocycles. The monoisotopic (exact) mass is 230 g/mol. The lowest BCUT2D eigenvalue weighted by atomic mass is 9.98. The maximum Gasteiger partial charge on any atom is 0.106 e. The number of aliphatic hydroxyl groups excluding tert-OH is 1. The Morgan fingerprint density at radius 1 is 1.18 bits per heavy atom. The Labute approximate surface area is 102 Å². The van der Waals surface area contributed by atoms with Crippen molar-refractivity contribution in [3.63, 3.8) is 0 Å². The first-order chi connectivity index (χ1) is 8.15. The lowest BCUT2D eigenvalue weighted by Crippen LogP contribution is -2.14. The number of furan rings is 1. The van der Waals surface area contributed by atoms with Crippen LogP contribution in [0.1, 0.15) is 22.5 Å². The van der Waals surface area contributed by atoms with E-state index < -0.39 is 0 Å². The normalized spacial score (nSPS) is 12.6. The highest BCUT2D eigenvalue weighted by Gasteiger charge is 2.10. The Kier molecular flexibility index (Phi) is 3.64. The summed E-state index contributed by atoms with van der Waals surface area (Å²) in [7, 11) is 0. The van der Waals surface area contributed by atoms with Gasteiger partial charge in [-0.1, -0.05) is 23.8 Å². The first kappa shape index (κ1) is 11.9. The first-order valence-corrected chi connectivity index (χ1v) is 5.92. The Balaban J connectivity index is 2.02. The zero-order valence-electron chi connectivity index (χ0n) is 10.3. The first-order valence-electron chi connectivity index (χ1n) is 5.92. The number of benzene rings is 1. The fourth-order valence-electron chi connectivity index (χ4n) is 2.01. The molecule has 0 saturated heterocycles. The number of hydrogen-bond acceptors (Lipinski definition) is 2. The molecule has 2 nitrogen and oxygen atoms in total. The molecule has 0 radical (unpaired) electrons. The van der Waals surface area contributed by atoms with E-state index in [1.807, 2.05) is 12.1 Å². The molecule has 2 heteroatoms. The molecule has 2 rings (SSSR count). The van der Waals surface area contributed by atoms with Crippen molar-refractivity contribution in [1.29, 1.82) is 0 Å². The summed E-state index contributed by atoms with van der Waals surface area (Å²) in [5.74, 6) is 0.836. The van der Waals surface area contributed by atoms with Crippen molar-refractivity contribution in [2.45, 2.75) is 32.8 Å². The molecule has 1 heterocycles. The van der Waals surface area contributed by atoms with Crippen LogP contribution in [0.4, 0.5) is 0 Å². The van der Waals surface area contributed by atoms with E-state index in [4.69, 9.17) is 4.42 Å². The summed E-state index contributed by atoms with van der Waals surface area (Å²) in [6.07, 6.45) is 2.50. The summed E-state index contributed by atoms with van der Waals surface area (Å²) in [6, 6.07) is 10.1. The van der Waals surface area contributed by atoms with Crippen LogP contribution in [0.2, 0.25) is 0 Å². The summed E-state index contributed by atoms with van der Waals surface area (Å²) in [5, 5.41) is 10.0. The second-order valence-corrected chi connectivity index (χ2v) is 4.57. The molecule has 1 atom stereocenters. The van der Waals surface area contributed by atoms with Crippen LogP contribution in [0, 0.1) is 13.8 Å². The van der Waals surface area contributed by atoms with Gasteiger partial charge in [0.2, 0.25) is 0 Å². The maximum absolute atomic E-state index is 10.0. The molecule has 17 heavy (non-hydrogen) atoms. The van der Waals surface area contributed by atoms with Crippen LogP contribution in [-0.4, -0.2) is 11.2 Å². The van der Waals surface area contributed by atoms with Crippen LogP contribution >= 0.6 is 0 Å². The van der Waals surface area contributed by atoms with Crippen molar-refractivity contribution in [3.8, 4) is 0 Å². The average Bonchev–Trinajstić information content (AvgIpc) is 2.76. The molecule has 0 saturated carbocycles. The maximum atomic E-state index is 10.0. The van der Waals surface area contributed by atoms with Gasteiger partial charge in [-0.15, -0.1) is 0 Å². The van der Waals surface area contributed by atoms with Crippen LogP contribution in [-0.2, 0) is 12.8 Å². The molecule has 1 aromatic heterocycles. The number of hydrogen-bond donors (Lipinski definition) is 1. The van der Waals surface area contributed by atoms with Gasteiger partial charge in [-0.3, -0.25) is 0 Å². The van der Waals surface area contributed by atoms with Gasteiger partial charge in [-0.25, -0.2) is 0 Å². The summed E-state index contributed by atoms with van der Waals surface area (Å²) >= 11 is 0. The minimum absolute atomic E-state index is 0.387. The molecule has 0 fully saturated rings. The fourth-order valence-corrected chi connectivity index (χ4v) is 2.01. The highest BCUT2D eigenvalue weighted by Crippen LogP contribution is 2.15. The van der Waals surface area contributed by atoms with E-state index in [2.05, 4.69) is 32.0 Å². The third-order valence-electron chi connectivity index (χ3n) is 2.98. The van der Waals surface area contributed by atoms with E-state index in [9.17, 15) is 5.11 Å². The van der Waals surface area contributed by atoms with E-state index in [-0.39, 0.29) is 6.10 Å². The lowest BCUT2D eigenvalue weighted by molar-refractivity contribution is 0.167. The van der Waals surface area contributed by atoms with Gasteiger partial charge in [-0.2, -0.15) is 0 Å².